The van der Waals surface area contributed by atoms with E-state index in [1.807, 2.05) is 12.0 Å². The predicted molar refractivity (Wildman–Crippen MR) is 103 cm³/mol. The van der Waals surface area contributed by atoms with Gasteiger partial charge in [0.25, 0.3) is 0 Å². The Kier molecular flexibility index (Phi) is 4.14. The molecule has 5 fully saturated rings. The zero-order valence-electron chi connectivity index (χ0n) is 16.3. The highest BCUT2D eigenvalue weighted by Crippen LogP contribution is 2.66. The highest BCUT2D eigenvalue weighted by molar-refractivity contribution is 5.78. The predicted octanol–water partition coefficient (Wildman–Crippen LogP) is 3.03. The van der Waals surface area contributed by atoms with E-state index < -0.39 is 0 Å². The van der Waals surface area contributed by atoms with Gasteiger partial charge >= 0.3 is 0 Å². The maximum absolute atomic E-state index is 13.1. The Morgan fingerprint density at radius 2 is 1.81 bits per heavy atom. The number of carbonyl (C=O) groups excluding carboxylic acids is 1. The average Bonchev–Trinajstić information content (AvgIpc) is 2.63. The minimum absolute atomic E-state index is 0.0535. The van der Waals surface area contributed by atoms with Crippen LogP contribution in [-0.4, -0.2) is 47.8 Å². The van der Waals surface area contributed by atoms with Gasteiger partial charge in [0.15, 0.2) is 0 Å². The average molecular weight is 370 g/mol. The van der Waals surface area contributed by atoms with Gasteiger partial charge in [0.1, 0.15) is 0 Å². The topological polar surface area (TPSA) is 49.8 Å². The normalized spacial score (nSPS) is 40.2. The van der Waals surface area contributed by atoms with Crippen molar-refractivity contribution in [3.63, 3.8) is 0 Å². The van der Waals surface area contributed by atoms with E-state index in [2.05, 4.69) is 30.3 Å². The Bertz CT molecular complexity index is 696. The van der Waals surface area contributed by atoms with Crippen LogP contribution in [0.4, 0.5) is 0 Å². The molecule has 0 spiro atoms. The molecule has 1 aliphatic heterocycles. The number of methoxy groups -OCH3 is 1. The fraction of sp³-hybridized carbons (Fsp3) is 0.696. The summed E-state index contributed by atoms with van der Waals surface area (Å²) in [5, 5.41) is 9.63. The Labute approximate surface area is 161 Å². The van der Waals surface area contributed by atoms with E-state index in [0.717, 1.165) is 25.2 Å². The molecule has 4 aliphatic carbocycles. The fourth-order valence-corrected chi connectivity index (χ4v) is 7.04. The van der Waals surface area contributed by atoms with Crippen LogP contribution in [0, 0.1) is 23.2 Å². The van der Waals surface area contributed by atoms with E-state index in [9.17, 15) is 9.90 Å². The molecule has 5 aliphatic rings. The first-order chi connectivity index (χ1) is 13.0. The van der Waals surface area contributed by atoms with Crippen molar-refractivity contribution >= 4 is 5.91 Å². The van der Waals surface area contributed by atoms with Gasteiger partial charge in [0.05, 0.1) is 11.7 Å². The SMILES string of the molecule is COC12CC3CC(C1)C(CC(=O)N1CC(O)C1)(Cc1ccccc1)C(C3)C2. The summed E-state index contributed by atoms with van der Waals surface area (Å²) in [5.74, 6) is 2.15. The fourth-order valence-electron chi connectivity index (χ4n) is 7.04. The van der Waals surface area contributed by atoms with Crippen molar-refractivity contribution in [1.29, 1.82) is 0 Å². The van der Waals surface area contributed by atoms with Gasteiger partial charge in [-0.05, 0) is 67.3 Å². The highest BCUT2D eigenvalue weighted by Gasteiger charge is 2.62. The van der Waals surface area contributed by atoms with E-state index in [4.69, 9.17) is 4.74 Å². The summed E-state index contributed by atoms with van der Waals surface area (Å²) >= 11 is 0. The maximum atomic E-state index is 13.1. The van der Waals surface area contributed by atoms with Crippen LogP contribution in [0.2, 0.25) is 0 Å². The summed E-state index contributed by atoms with van der Waals surface area (Å²) in [6.07, 6.45) is 7.25. The molecule has 4 saturated carbocycles. The lowest BCUT2D eigenvalue weighted by Gasteiger charge is -2.65. The van der Waals surface area contributed by atoms with Crippen molar-refractivity contribution in [3.8, 4) is 0 Å². The van der Waals surface area contributed by atoms with Gasteiger partial charge in [-0.1, -0.05) is 30.3 Å². The second-order valence-corrected chi connectivity index (χ2v) is 9.76. The van der Waals surface area contributed by atoms with Gasteiger partial charge in [-0.15, -0.1) is 0 Å². The summed E-state index contributed by atoms with van der Waals surface area (Å²) in [6.45, 7) is 1.03. The van der Waals surface area contributed by atoms with Crippen LogP contribution >= 0.6 is 0 Å². The number of β-amino-alcohol motifs (C(OH)–C–C–N with tert-alkyl or cyclic N) is 1. The molecule has 2 atom stereocenters. The van der Waals surface area contributed by atoms with Crippen LogP contribution in [0.1, 0.15) is 44.1 Å². The number of carbonyl (C=O) groups is 1. The number of rotatable bonds is 5. The Balaban J connectivity index is 1.46. The van der Waals surface area contributed by atoms with Crippen LogP contribution < -0.4 is 0 Å². The van der Waals surface area contributed by atoms with Crippen LogP contribution in [-0.2, 0) is 16.0 Å². The van der Waals surface area contributed by atoms with Gasteiger partial charge in [-0.3, -0.25) is 4.79 Å². The first-order valence-electron chi connectivity index (χ1n) is 10.6. The molecule has 1 heterocycles. The molecule has 27 heavy (non-hydrogen) atoms. The largest absolute Gasteiger partial charge is 0.389 e. The molecular weight excluding hydrogens is 338 g/mol. The summed E-state index contributed by atoms with van der Waals surface area (Å²) < 4.78 is 6.06. The number of aliphatic hydroxyl groups is 1. The zero-order valence-corrected chi connectivity index (χ0v) is 16.3. The smallest absolute Gasteiger partial charge is 0.223 e. The summed E-state index contributed by atoms with van der Waals surface area (Å²) in [6, 6.07) is 10.7. The molecular formula is C23H31NO3. The van der Waals surface area contributed by atoms with Gasteiger partial charge in [0, 0.05) is 26.6 Å². The molecule has 1 aromatic carbocycles. The third kappa shape index (κ3) is 2.84. The van der Waals surface area contributed by atoms with Crippen LogP contribution in [0.5, 0.6) is 0 Å². The summed E-state index contributed by atoms with van der Waals surface area (Å²) in [5.41, 5.74) is 1.47. The molecule has 1 saturated heterocycles. The Hall–Kier alpha value is -1.39. The quantitative estimate of drug-likeness (QED) is 0.868. The number of amides is 1. The number of ether oxygens (including phenoxy) is 1. The zero-order chi connectivity index (χ0) is 18.6. The maximum Gasteiger partial charge on any atom is 0.223 e. The molecule has 0 aromatic heterocycles. The summed E-state index contributed by atoms with van der Waals surface area (Å²) in [4.78, 5) is 14.9. The van der Waals surface area contributed by atoms with Crippen LogP contribution in [0.25, 0.3) is 0 Å². The van der Waals surface area contributed by atoms with E-state index in [1.54, 1.807) is 0 Å². The van der Waals surface area contributed by atoms with Crippen molar-refractivity contribution in [1.82, 2.24) is 4.90 Å². The minimum atomic E-state index is -0.325. The minimum Gasteiger partial charge on any atom is -0.389 e. The standard InChI is InChI=1S/C23H31NO3/c1-27-22-9-17-7-18(11-22)23(19(8-17)12-22,10-16-5-3-2-4-6-16)13-21(26)24-14-20(25)15-24/h2-6,17-20,25H,7-15H2,1H3. The van der Waals surface area contributed by atoms with Gasteiger partial charge in [-0.2, -0.15) is 0 Å². The van der Waals surface area contributed by atoms with Crippen molar-refractivity contribution in [2.75, 3.05) is 20.2 Å². The number of benzene rings is 1. The number of likely N-dealkylation sites (tertiary alicyclic amines) is 1. The van der Waals surface area contributed by atoms with Crippen molar-refractivity contribution in [3.05, 3.63) is 35.9 Å². The van der Waals surface area contributed by atoms with Gasteiger partial charge < -0.3 is 14.7 Å². The van der Waals surface area contributed by atoms with Gasteiger partial charge in [0.2, 0.25) is 5.91 Å². The monoisotopic (exact) mass is 369 g/mol. The molecule has 1 aromatic rings. The second-order valence-electron chi connectivity index (χ2n) is 9.76. The number of aliphatic hydroxyl groups excluding tert-OH is 1. The molecule has 0 radical (unpaired) electrons. The summed E-state index contributed by atoms with van der Waals surface area (Å²) in [7, 11) is 1.89. The van der Waals surface area contributed by atoms with E-state index in [-0.39, 0.29) is 23.0 Å². The molecule has 4 nitrogen and oxygen atoms in total. The third-order valence-corrected chi connectivity index (χ3v) is 8.26. The third-order valence-electron chi connectivity index (χ3n) is 8.26. The molecule has 146 valence electrons. The number of hydrogen-bond donors (Lipinski definition) is 1. The molecule has 6 rings (SSSR count). The molecule has 1 amide bonds. The van der Waals surface area contributed by atoms with E-state index in [0.29, 0.717) is 31.3 Å². The first-order valence-corrected chi connectivity index (χ1v) is 10.6. The van der Waals surface area contributed by atoms with E-state index >= 15 is 0 Å². The lowest BCUT2D eigenvalue weighted by atomic mass is 9.42. The number of nitrogens with zero attached hydrogens (tertiary/aromatic N) is 1. The van der Waals surface area contributed by atoms with Gasteiger partial charge in [-0.25, -0.2) is 0 Å². The van der Waals surface area contributed by atoms with Crippen LogP contribution in [0.15, 0.2) is 30.3 Å². The Morgan fingerprint density at radius 3 is 2.41 bits per heavy atom. The van der Waals surface area contributed by atoms with Crippen molar-refractivity contribution in [2.24, 2.45) is 23.2 Å². The van der Waals surface area contributed by atoms with E-state index in [1.165, 1.54) is 24.8 Å². The molecule has 1 N–H and O–H groups in total. The Morgan fingerprint density at radius 1 is 1.15 bits per heavy atom. The lowest BCUT2D eigenvalue weighted by Crippen LogP contribution is -2.63. The highest BCUT2D eigenvalue weighted by atomic mass is 16.5. The van der Waals surface area contributed by atoms with Crippen molar-refractivity contribution < 1.29 is 14.6 Å². The van der Waals surface area contributed by atoms with Crippen LogP contribution in [0.3, 0.4) is 0 Å². The number of hydrogen-bond acceptors (Lipinski definition) is 3. The lowest BCUT2D eigenvalue weighted by molar-refractivity contribution is -0.208. The first kappa shape index (κ1) is 17.7. The van der Waals surface area contributed by atoms with Crippen molar-refractivity contribution in [2.45, 2.75) is 56.7 Å². The molecule has 2 unspecified atom stereocenters. The second kappa shape index (κ2) is 6.31. The molecule has 4 heteroatoms. The molecule has 4 bridgehead atoms.